The third-order valence-corrected chi connectivity index (χ3v) is 7.13. The summed E-state index contributed by atoms with van der Waals surface area (Å²) < 4.78 is 6.18. The van der Waals surface area contributed by atoms with E-state index in [2.05, 4.69) is 58.0 Å². The average molecular weight is 390 g/mol. The summed E-state index contributed by atoms with van der Waals surface area (Å²) in [5.74, 6) is 1.96. The zero-order chi connectivity index (χ0) is 19.6. The molecule has 0 spiro atoms. The van der Waals surface area contributed by atoms with Crippen LogP contribution in [0.5, 0.6) is 5.75 Å². The standard InChI is InChI=1S/C23H27N5O/c1-23(7-8-23)29-18-6-3-15-11-24-22(19(15)9-18)20-10-21(26-14-25-20)28-12-16-4-5-17(13-28)27(16)2/h3,6,9-10,14,16-17H,4-5,7-8,11-13H2,1-2H3/t16-,17+. The summed E-state index contributed by atoms with van der Waals surface area (Å²) >= 11 is 0. The number of rotatable bonds is 4. The molecule has 0 amide bonds. The number of fused-ring (bicyclic) bond motifs is 3. The van der Waals surface area contributed by atoms with Gasteiger partial charge in [-0.15, -0.1) is 0 Å². The van der Waals surface area contributed by atoms with Crippen LogP contribution in [-0.4, -0.2) is 58.4 Å². The minimum atomic E-state index is 0.0208. The second-order valence-corrected chi connectivity index (χ2v) is 9.25. The summed E-state index contributed by atoms with van der Waals surface area (Å²) in [6.45, 7) is 4.97. The fourth-order valence-electron chi connectivity index (χ4n) is 4.96. The van der Waals surface area contributed by atoms with E-state index in [1.54, 1.807) is 6.33 Å². The number of hydrogen-bond donors (Lipinski definition) is 0. The van der Waals surface area contributed by atoms with E-state index in [4.69, 9.17) is 9.73 Å². The van der Waals surface area contributed by atoms with E-state index in [9.17, 15) is 0 Å². The van der Waals surface area contributed by atoms with Gasteiger partial charge in [0.1, 0.15) is 23.5 Å². The van der Waals surface area contributed by atoms with Crippen molar-refractivity contribution in [1.29, 1.82) is 0 Å². The lowest BCUT2D eigenvalue weighted by molar-refractivity contribution is 0.200. The fraction of sp³-hybridized carbons (Fsp3) is 0.522. The number of aromatic nitrogens is 2. The smallest absolute Gasteiger partial charge is 0.132 e. The van der Waals surface area contributed by atoms with Crippen LogP contribution in [0.25, 0.3) is 0 Å². The van der Waals surface area contributed by atoms with Gasteiger partial charge < -0.3 is 9.64 Å². The molecule has 1 aliphatic carbocycles. The first kappa shape index (κ1) is 17.4. The van der Waals surface area contributed by atoms with Crippen LogP contribution in [0.3, 0.4) is 0 Å². The lowest BCUT2D eigenvalue weighted by atomic mass is 10.0. The van der Waals surface area contributed by atoms with Gasteiger partial charge in [-0.3, -0.25) is 9.89 Å². The van der Waals surface area contributed by atoms with Gasteiger partial charge in [-0.25, -0.2) is 9.97 Å². The Hall–Kier alpha value is -2.47. The van der Waals surface area contributed by atoms with E-state index >= 15 is 0 Å². The zero-order valence-corrected chi connectivity index (χ0v) is 17.1. The van der Waals surface area contributed by atoms with Crippen LogP contribution >= 0.6 is 0 Å². The highest BCUT2D eigenvalue weighted by atomic mass is 16.5. The fourth-order valence-corrected chi connectivity index (χ4v) is 4.96. The average Bonchev–Trinajstić information content (AvgIpc) is 3.25. The van der Waals surface area contributed by atoms with Crippen molar-refractivity contribution in [2.45, 2.75) is 56.8 Å². The molecule has 1 aromatic heterocycles. The van der Waals surface area contributed by atoms with Crippen LogP contribution in [0.15, 0.2) is 35.6 Å². The highest BCUT2D eigenvalue weighted by molar-refractivity contribution is 6.14. The maximum Gasteiger partial charge on any atom is 0.132 e. The highest BCUT2D eigenvalue weighted by Gasteiger charge is 2.40. The molecule has 0 unspecified atom stereocenters. The number of anilines is 1. The Bertz CT molecular complexity index is 985. The highest BCUT2D eigenvalue weighted by Crippen LogP contribution is 2.40. The van der Waals surface area contributed by atoms with E-state index in [-0.39, 0.29) is 5.60 Å². The Balaban J connectivity index is 1.28. The van der Waals surface area contributed by atoms with Crippen LogP contribution in [-0.2, 0) is 6.54 Å². The Kier molecular flexibility index (Phi) is 3.76. The van der Waals surface area contributed by atoms with Gasteiger partial charge in [0, 0.05) is 36.8 Å². The summed E-state index contributed by atoms with van der Waals surface area (Å²) in [7, 11) is 2.26. The molecule has 6 heteroatoms. The van der Waals surface area contributed by atoms with Gasteiger partial charge in [0.05, 0.1) is 18.0 Å². The van der Waals surface area contributed by atoms with Gasteiger partial charge in [0.2, 0.25) is 0 Å². The van der Waals surface area contributed by atoms with Crippen molar-refractivity contribution in [2.75, 3.05) is 25.0 Å². The topological polar surface area (TPSA) is 53.9 Å². The first-order valence-corrected chi connectivity index (χ1v) is 10.7. The van der Waals surface area contributed by atoms with Crippen LogP contribution in [0.4, 0.5) is 5.82 Å². The largest absolute Gasteiger partial charge is 0.488 e. The molecule has 2 bridgehead atoms. The lowest BCUT2D eigenvalue weighted by Crippen LogP contribution is -2.52. The molecule has 4 aliphatic rings. The molecule has 4 heterocycles. The number of ether oxygens (including phenoxy) is 1. The summed E-state index contributed by atoms with van der Waals surface area (Å²) in [5, 5.41) is 0. The van der Waals surface area contributed by atoms with Crippen molar-refractivity contribution in [3.8, 4) is 5.75 Å². The van der Waals surface area contributed by atoms with Crippen molar-refractivity contribution in [1.82, 2.24) is 14.9 Å². The molecule has 150 valence electrons. The van der Waals surface area contributed by atoms with Crippen molar-refractivity contribution in [3.05, 3.63) is 47.4 Å². The molecular formula is C23H27N5O. The third kappa shape index (κ3) is 3.01. The van der Waals surface area contributed by atoms with Crippen molar-refractivity contribution in [3.63, 3.8) is 0 Å². The van der Waals surface area contributed by atoms with Crippen LogP contribution in [0, 0.1) is 0 Å². The quantitative estimate of drug-likeness (QED) is 0.805. The van der Waals surface area contributed by atoms with Crippen LogP contribution in [0.1, 0.15) is 49.4 Å². The molecule has 2 saturated heterocycles. The van der Waals surface area contributed by atoms with E-state index in [0.29, 0.717) is 18.6 Å². The SMILES string of the molecule is CN1[C@@H]2CC[C@H]1CN(c1cc(C3=NCc4ccc(OC5(C)CC5)cc43)ncn1)C2. The van der Waals surface area contributed by atoms with Gasteiger partial charge in [0.15, 0.2) is 0 Å². The Morgan fingerprint density at radius 2 is 1.86 bits per heavy atom. The van der Waals surface area contributed by atoms with Crippen molar-refractivity contribution in [2.24, 2.45) is 4.99 Å². The zero-order valence-electron chi connectivity index (χ0n) is 17.1. The maximum absolute atomic E-state index is 6.18. The van der Waals surface area contributed by atoms with E-state index in [0.717, 1.165) is 54.5 Å². The molecule has 29 heavy (non-hydrogen) atoms. The van der Waals surface area contributed by atoms with Gasteiger partial charge >= 0.3 is 0 Å². The maximum atomic E-state index is 6.18. The van der Waals surface area contributed by atoms with Gasteiger partial charge in [0.25, 0.3) is 0 Å². The molecule has 2 atom stereocenters. The van der Waals surface area contributed by atoms with Gasteiger partial charge in [-0.1, -0.05) is 6.07 Å². The predicted molar refractivity (Wildman–Crippen MR) is 113 cm³/mol. The number of aliphatic imine (C=N–C) groups is 1. The first-order valence-electron chi connectivity index (χ1n) is 10.7. The van der Waals surface area contributed by atoms with Crippen LogP contribution in [0.2, 0.25) is 0 Å². The Morgan fingerprint density at radius 1 is 1.07 bits per heavy atom. The number of benzene rings is 1. The molecule has 1 saturated carbocycles. The van der Waals surface area contributed by atoms with E-state index in [1.807, 2.05) is 0 Å². The molecule has 0 N–H and O–H groups in total. The molecule has 3 aliphatic heterocycles. The van der Waals surface area contributed by atoms with Gasteiger partial charge in [-0.2, -0.15) is 0 Å². The Morgan fingerprint density at radius 3 is 2.62 bits per heavy atom. The number of likely N-dealkylation sites (N-methyl/N-ethyl adjacent to an activating group) is 1. The normalized spacial score (nSPS) is 27.0. The summed E-state index contributed by atoms with van der Waals surface area (Å²) in [6.07, 6.45) is 6.53. The molecular weight excluding hydrogens is 362 g/mol. The molecule has 2 aromatic rings. The number of hydrogen-bond acceptors (Lipinski definition) is 6. The minimum Gasteiger partial charge on any atom is -0.488 e. The molecule has 6 rings (SSSR count). The van der Waals surface area contributed by atoms with E-state index < -0.39 is 0 Å². The van der Waals surface area contributed by atoms with Crippen molar-refractivity contribution >= 4 is 11.5 Å². The second-order valence-electron chi connectivity index (χ2n) is 9.25. The molecule has 0 radical (unpaired) electrons. The van der Waals surface area contributed by atoms with Gasteiger partial charge in [-0.05, 0) is 57.4 Å². The Labute approximate surface area is 171 Å². The van der Waals surface area contributed by atoms with E-state index in [1.165, 1.54) is 18.4 Å². The summed E-state index contributed by atoms with van der Waals surface area (Å²) in [6, 6.07) is 9.76. The second kappa shape index (κ2) is 6.26. The first-order chi connectivity index (χ1) is 14.1. The molecule has 1 aromatic carbocycles. The summed E-state index contributed by atoms with van der Waals surface area (Å²) in [4.78, 5) is 19.0. The molecule has 3 fully saturated rings. The number of nitrogens with zero attached hydrogens (tertiary/aromatic N) is 5. The van der Waals surface area contributed by atoms with Crippen LogP contribution < -0.4 is 9.64 Å². The third-order valence-electron chi connectivity index (χ3n) is 7.13. The van der Waals surface area contributed by atoms with Crippen molar-refractivity contribution < 1.29 is 4.74 Å². The number of piperazine rings is 1. The predicted octanol–water partition coefficient (Wildman–Crippen LogP) is 3.04. The monoisotopic (exact) mass is 389 g/mol. The summed E-state index contributed by atoms with van der Waals surface area (Å²) in [5.41, 5.74) is 4.29. The molecule has 6 nitrogen and oxygen atoms in total. The minimum absolute atomic E-state index is 0.0208. The lowest BCUT2D eigenvalue weighted by Gasteiger charge is -2.39.